The van der Waals surface area contributed by atoms with Crippen molar-refractivity contribution in [2.24, 2.45) is 0 Å². The lowest BCUT2D eigenvalue weighted by Gasteiger charge is -2.27. The second kappa shape index (κ2) is 7.64. The predicted octanol–water partition coefficient (Wildman–Crippen LogP) is 2.01. The van der Waals surface area contributed by atoms with Crippen LogP contribution in [0.25, 0.3) is 10.2 Å². The van der Waals surface area contributed by atoms with Gasteiger partial charge in [0.05, 0.1) is 12.1 Å². The lowest BCUT2D eigenvalue weighted by Crippen LogP contribution is -2.44. The number of hydrogen-bond donors (Lipinski definition) is 0. The van der Waals surface area contributed by atoms with Crippen LogP contribution in [-0.2, 0) is 17.9 Å². The van der Waals surface area contributed by atoms with Crippen LogP contribution in [-0.4, -0.2) is 39.8 Å². The molecule has 0 unspecified atom stereocenters. The van der Waals surface area contributed by atoms with Crippen LogP contribution in [0.2, 0.25) is 0 Å². The minimum atomic E-state index is -0.478. The zero-order valence-electron chi connectivity index (χ0n) is 16.3. The Morgan fingerprint density at radius 1 is 1.00 bits per heavy atom. The van der Waals surface area contributed by atoms with Crippen LogP contribution >= 0.6 is 11.3 Å². The molecule has 2 aromatic heterocycles. The van der Waals surface area contributed by atoms with Crippen molar-refractivity contribution < 1.29 is 14.3 Å². The van der Waals surface area contributed by atoms with Crippen molar-refractivity contribution in [3.63, 3.8) is 0 Å². The minimum Gasteiger partial charge on any atom is -0.454 e. The van der Waals surface area contributed by atoms with Gasteiger partial charge in [0.25, 0.3) is 5.56 Å². The molecule has 2 aliphatic heterocycles. The molecule has 156 valence electrons. The second-order valence-corrected chi connectivity index (χ2v) is 8.44. The number of rotatable bonds is 4. The van der Waals surface area contributed by atoms with Gasteiger partial charge in [-0.15, -0.1) is 11.3 Å². The largest absolute Gasteiger partial charge is 0.454 e. The van der Waals surface area contributed by atoms with E-state index in [1.54, 1.807) is 34.5 Å². The number of benzene rings is 1. The topological polar surface area (TPSA) is 82.8 Å². The van der Waals surface area contributed by atoms with Gasteiger partial charge in [-0.05, 0) is 48.4 Å². The van der Waals surface area contributed by atoms with E-state index in [1.807, 2.05) is 0 Å². The molecule has 3 aromatic rings. The monoisotopic (exact) mass is 427 g/mol. The van der Waals surface area contributed by atoms with Crippen LogP contribution in [0.4, 0.5) is 0 Å². The molecule has 0 saturated carbocycles. The maximum absolute atomic E-state index is 13.3. The fourth-order valence-corrected chi connectivity index (χ4v) is 4.87. The molecule has 0 atom stereocenters. The summed E-state index contributed by atoms with van der Waals surface area (Å²) in [5.41, 5.74) is 0.448. The van der Waals surface area contributed by atoms with Gasteiger partial charge in [-0.3, -0.25) is 18.7 Å². The van der Waals surface area contributed by atoms with E-state index in [9.17, 15) is 14.4 Å². The first kappa shape index (κ1) is 18.9. The molecule has 1 aromatic carbocycles. The number of amides is 1. The summed E-state index contributed by atoms with van der Waals surface area (Å²) in [5, 5.41) is 1.78. The number of fused-ring (bicyclic) bond motifs is 2. The van der Waals surface area contributed by atoms with Crippen molar-refractivity contribution in [1.82, 2.24) is 14.0 Å². The fraction of sp³-hybridized carbons (Fsp3) is 0.381. The molecule has 1 fully saturated rings. The molecule has 0 spiro atoms. The maximum Gasteiger partial charge on any atom is 0.332 e. The third-order valence-electron chi connectivity index (χ3n) is 5.62. The third-order valence-corrected chi connectivity index (χ3v) is 6.51. The molecule has 0 radical (unpaired) electrons. The molecular weight excluding hydrogens is 406 g/mol. The standard InChI is InChI=1S/C21H21N3O5S/c25-18(22-7-2-1-3-8-22)12-23-15-6-9-30-19(15)20(26)24(21(23)27)11-14-4-5-16-17(10-14)29-13-28-16/h4-6,9-10H,1-3,7-8,11-13H2. The highest BCUT2D eigenvalue weighted by atomic mass is 32.1. The average Bonchev–Trinajstić information content (AvgIpc) is 3.44. The summed E-state index contributed by atoms with van der Waals surface area (Å²) in [5.74, 6) is 1.15. The quantitative estimate of drug-likeness (QED) is 0.636. The number of ether oxygens (including phenoxy) is 2. The van der Waals surface area contributed by atoms with Gasteiger partial charge < -0.3 is 14.4 Å². The zero-order valence-corrected chi connectivity index (χ0v) is 17.2. The van der Waals surface area contributed by atoms with Gasteiger partial charge in [-0.25, -0.2) is 4.79 Å². The Morgan fingerprint density at radius 2 is 1.80 bits per heavy atom. The Hall–Kier alpha value is -3.07. The summed E-state index contributed by atoms with van der Waals surface area (Å²) >= 11 is 1.28. The lowest BCUT2D eigenvalue weighted by molar-refractivity contribution is -0.132. The Labute approximate surface area is 175 Å². The fourth-order valence-electron chi connectivity index (χ4n) is 4.03. The summed E-state index contributed by atoms with van der Waals surface area (Å²) in [4.78, 5) is 40.9. The maximum atomic E-state index is 13.3. The van der Waals surface area contributed by atoms with Gasteiger partial charge in [-0.1, -0.05) is 6.07 Å². The molecule has 8 nitrogen and oxygen atoms in total. The number of carbonyl (C=O) groups excluding carboxylic acids is 1. The van der Waals surface area contributed by atoms with E-state index >= 15 is 0 Å². The molecule has 1 saturated heterocycles. The smallest absolute Gasteiger partial charge is 0.332 e. The van der Waals surface area contributed by atoms with E-state index in [0.29, 0.717) is 21.7 Å². The van der Waals surface area contributed by atoms with Crippen molar-refractivity contribution in [2.45, 2.75) is 32.4 Å². The molecule has 9 heteroatoms. The average molecular weight is 427 g/mol. The van der Waals surface area contributed by atoms with Crippen LogP contribution in [0.15, 0.2) is 39.2 Å². The van der Waals surface area contributed by atoms with Crippen molar-refractivity contribution in [3.8, 4) is 11.5 Å². The number of hydrogen-bond acceptors (Lipinski definition) is 6. The highest BCUT2D eigenvalue weighted by Crippen LogP contribution is 2.32. The van der Waals surface area contributed by atoms with Gasteiger partial charge in [0.15, 0.2) is 11.5 Å². The lowest BCUT2D eigenvalue weighted by atomic mass is 10.1. The SMILES string of the molecule is O=C(Cn1c(=O)n(Cc2ccc3c(c2)OCO3)c(=O)c2sccc21)N1CCCCC1. The van der Waals surface area contributed by atoms with Crippen molar-refractivity contribution >= 4 is 27.5 Å². The van der Waals surface area contributed by atoms with Crippen molar-refractivity contribution in [2.75, 3.05) is 19.9 Å². The van der Waals surface area contributed by atoms with E-state index < -0.39 is 5.69 Å². The zero-order chi connectivity index (χ0) is 20.7. The van der Waals surface area contributed by atoms with E-state index in [4.69, 9.17) is 9.47 Å². The summed E-state index contributed by atoms with van der Waals surface area (Å²) in [6.07, 6.45) is 3.09. The Kier molecular flexibility index (Phi) is 4.82. The van der Waals surface area contributed by atoms with Gasteiger partial charge in [0, 0.05) is 13.1 Å². The third kappa shape index (κ3) is 3.28. The molecule has 0 bridgehead atoms. The first-order valence-electron chi connectivity index (χ1n) is 9.99. The Morgan fingerprint density at radius 3 is 2.63 bits per heavy atom. The van der Waals surface area contributed by atoms with E-state index in [2.05, 4.69) is 0 Å². The molecule has 1 amide bonds. The summed E-state index contributed by atoms with van der Waals surface area (Å²) < 4.78 is 13.8. The van der Waals surface area contributed by atoms with E-state index in [0.717, 1.165) is 37.9 Å². The van der Waals surface area contributed by atoms with Crippen LogP contribution in [0.3, 0.4) is 0 Å². The Bertz CT molecular complexity index is 1240. The molecule has 30 heavy (non-hydrogen) atoms. The minimum absolute atomic E-state index is 0.0620. The molecular formula is C21H21N3O5S. The molecule has 4 heterocycles. The van der Waals surface area contributed by atoms with Crippen molar-refractivity contribution in [3.05, 3.63) is 56.0 Å². The van der Waals surface area contributed by atoms with Crippen LogP contribution in [0, 0.1) is 0 Å². The molecule has 0 N–H and O–H groups in total. The van der Waals surface area contributed by atoms with Crippen molar-refractivity contribution in [1.29, 1.82) is 0 Å². The molecule has 5 rings (SSSR count). The van der Waals surface area contributed by atoms with Gasteiger partial charge in [-0.2, -0.15) is 0 Å². The number of likely N-dealkylation sites (tertiary alicyclic amines) is 1. The number of nitrogens with zero attached hydrogens (tertiary/aromatic N) is 3. The molecule has 0 aliphatic carbocycles. The van der Waals surface area contributed by atoms with Crippen LogP contribution < -0.4 is 20.7 Å². The number of piperidine rings is 1. The summed E-state index contributed by atoms with van der Waals surface area (Å²) in [6, 6.07) is 7.08. The van der Waals surface area contributed by atoms with Crippen LogP contribution in [0.1, 0.15) is 24.8 Å². The van der Waals surface area contributed by atoms with E-state index in [-0.39, 0.29) is 31.3 Å². The first-order chi connectivity index (χ1) is 14.6. The number of carbonyl (C=O) groups is 1. The normalized spacial score (nSPS) is 15.7. The number of aromatic nitrogens is 2. The molecule has 2 aliphatic rings. The first-order valence-corrected chi connectivity index (χ1v) is 10.9. The summed E-state index contributed by atoms with van der Waals surface area (Å²) in [7, 11) is 0. The summed E-state index contributed by atoms with van der Waals surface area (Å²) in [6.45, 7) is 1.63. The number of thiophene rings is 1. The van der Waals surface area contributed by atoms with Gasteiger partial charge >= 0.3 is 5.69 Å². The van der Waals surface area contributed by atoms with Gasteiger partial charge in [0.1, 0.15) is 11.2 Å². The van der Waals surface area contributed by atoms with Gasteiger partial charge in [0.2, 0.25) is 12.7 Å². The predicted molar refractivity (Wildman–Crippen MR) is 112 cm³/mol. The second-order valence-electron chi connectivity index (χ2n) is 7.52. The Balaban J connectivity index is 1.53. The highest BCUT2D eigenvalue weighted by Gasteiger charge is 2.21. The highest BCUT2D eigenvalue weighted by molar-refractivity contribution is 7.17. The van der Waals surface area contributed by atoms with E-state index in [1.165, 1.54) is 20.5 Å². The van der Waals surface area contributed by atoms with Crippen LogP contribution in [0.5, 0.6) is 11.5 Å².